The highest BCUT2D eigenvalue weighted by Crippen LogP contribution is 2.19. The third kappa shape index (κ3) is 4.53. The van der Waals surface area contributed by atoms with E-state index in [-0.39, 0.29) is 11.9 Å². The lowest BCUT2D eigenvalue weighted by molar-refractivity contribution is -0.122. The Hall–Kier alpha value is -2.49. The number of rotatable bonds is 6. The van der Waals surface area contributed by atoms with E-state index in [0.717, 1.165) is 5.56 Å². The molecular formula is C17H20N2O2. The first-order chi connectivity index (χ1) is 10.2. The van der Waals surface area contributed by atoms with Crippen LogP contribution in [0.3, 0.4) is 0 Å². The number of carbonyl (C=O) groups excluding carboxylic acids is 1. The van der Waals surface area contributed by atoms with Crippen LogP contribution in [-0.2, 0) is 4.79 Å². The Balaban J connectivity index is 1.76. The SMILES string of the molecule is C[C@H](NC(=O)CCOc1ccccc1N)c1ccccc1. The van der Waals surface area contributed by atoms with E-state index >= 15 is 0 Å². The summed E-state index contributed by atoms with van der Waals surface area (Å²) in [7, 11) is 0. The zero-order valence-electron chi connectivity index (χ0n) is 12.1. The Labute approximate surface area is 124 Å². The minimum atomic E-state index is -0.0409. The topological polar surface area (TPSA) is 64.3 Å². The van der Waals surface area contributed by atoms with Crippen LogP contribution in [0, 0.1) is 0 Å². The Kier molecular flexibility index (Phi) is 5.21. The zero-order chi connectivity index (χ0) is 15.1. The van der Waals surface area contributed by atoms with E-state index in [1.807, 2.05) is 49.4 Å². The van der Waals surface area contributed by atoms with Crippen molar-refractivity contribution in [1.82, 2.24) is 5.32 Å². The van der Waals surface area contributed by atoms with Crippen LogP contribution in [0.4, 0.5) is 5.69 Å². The minimum absolute atomic E-state index is 0.0134. The largest absolute Gasteiger partial charge is 0.491 e. The quantitative estimate of drug-likeness (QED) is 0.802. The van der Waals surface area contributed by atoms with E-state index in [9.17, 15) is 4.79 Å². The second-order valence-electron chi connectivity index (χ2n) is 4.84. The van der Waals surface area contributed by atoms with Crippen LogP contribution in [-0.4, -0.2) is 12.5 Å². The van der Waals surface area contributed by atoms with Gasteiger partial charge in [-0.3, -0.25) is 4.79 Å². The molecule has 3 N–H and O–H groups in total. The summed E-state index contributed by atoms with van der Waals surface area (Å²) in [5.41, 5.74) is 7.43. The molecule has 2 rings (SSSR count). The number of nitrogen functional groups attached to an aromatic ring is 1. The van der Waals surface area contributed by atoms with Crippen molar-refractivity contribution in [3.63, 3.8) is 0 Å². The van der Waals surface area contributed by atoms with Crippen LogP contribution in [0.15, 0.2) is 54.6 Å². The lowest BCUT2D eigenvalue weighted by atomic mass is 10.1. The van der Waals surface area contributed by atoms with Gasteiger partial charge in [-0.25, -0.2) is 0 Å². The molecule has 1 amide bonds. The summed E-state index contributed by atoms with van der Waals surface area (Å²) in [6.45, 7) is 2.27. The molecule has 0 aromatic heterocycles. The number of benzene rings is 2. The van der Waals surface area contributed by atoms with Gasteiger partial charge in [0.15, 0.2) is 0 Å². The van der Waals surface area contributed by atoms with Crippen molar-refractivity contribution in [2.45, 2.75) is 19.4 Å². The molecule has 2 aromatic rings. The van der Waals surface area contributed by atoms with Crippen LogP contribution in [0.25, 0.3) is 0 Å². The second-order valence-corrected chi connectivity index (χ2v) is 4.84. The van der Waals surface area contributed by atoms with Crippen LogP contribution in [0.5, 0.6) is 5.75 Å². The molecule has 0 aliphatic carbocycles. The predicted molar refractivity (Wildman–Crippen MR) is 84.0 cm³/mol. The fraction of sp³-hybridized carbons (Fsp3) is 0.235. The summed E-state index contributed by atoms with van der Waals surface area (Å²) in [6.07, 6.45) is 0.297. The van der Waals surface area contributed by atoms with Crippen molar-refractivity contribution in [2.24, 2.45) is 0 Å². The molecule has 0 saturated heterocycles. The smallest absolute Gasteiger partial charge is 0.223 e. The van der Waals surface area contributed by atoms with Gasteiger partial charge in [-0.15, -0.1) is 0 Å². The molecule has 2 aromatic carbocycles. The van der Waals surface area contributed by atoms with Crippen molar-refractivity contribution in [2.75, 3.05) is 12.3 Å². The summed E-state index contributed by atoms with van der Waals surface area (Å²) in [6, 6.07) is 17.1. The summed E-state index contributed by atoms with van der Waals surface area (Å²) in [5, 5.41) is 2.95. The van der Waals surface area contributed by atoms with Gasteiger partial charge in [0.2, 0.25) is 5.91 Å². The highest BCUT2D eigenvalue weighted by atomic mass is 16.5. The number of anilines is 1. The van der Waals surface area contributed by atoms with Crippen LogP contribution >= 0.6 is 0 Å². The summed E-state index contributed by atoms with van der Waals surface area (Å²) in [4.78, 5) is 11.9. The van der Waals surface area contributed by atoms with Gasteiger partial charge in [0.25, 0.3) is 0 Å². The summed E-state index contributed by atoms with van der Waals surface area (Å²) < 4.78 is 5.51. The van der Waals surface area contributed by atoms with Crippen LogP contribution < -0.4 is 15.8 Å². The molecule has 0 heterocycles. The molecule has 21 heavy (non-hydrogen) atoms. The number of hydrogen-bond donors (Lipinski definition) is 2. The number of carbonyl (C=O) groups is 1. The van der Waals surface area contributed by atoms with E-state index in [0.29, 0.717) is 24.5 Å². The third-order valence-electron chi connectivity index (χ3n) is 3.18. The van der Waals surface area contributed by atoms with E-state index in [2.05, 4.69) is 5.32 Å². The van der Waals surface area contributed by atoms with E-state index < -0.39 is 0 Å². The molecular weight excluding hydrogens is 264 g/mol. The monoisotopic (exact) mass is 284 g/mol. The van der Waals surface area contributed by atoms with Crippen LogP contribution in [0.2, 0.25) is 0 Å². The minimum Gasteiger partial charge on any atom is -0.491 e. The maximum Gasteiger partial charge on any atom is 0.223 e. The summed E-state index contributed by atoms with van der Waals surface area (Å²) >= 11 is 0. The summed E-state index contributed by atoms with van der Waals surface area (Å²) in [5.74, 6) is 0.572. The average molecular weight is 284 g/mol. The second kappa shape index (κ2) is 7.33. The standard InChI is InChI=1S/C17H20N2O2/c1-13(14-7-3-2-4-8-14)19-17(20)11-12-21-16-10-6-5-9-15(16)18/h2-10,13H,11-12,18H2,1H3,(H,19,20)/t13-/m0/s1. The normalized spacial score (nSPS) is 11.7. The van der Waals surface area contributed by atoms with Crippen molar-refractivity contribution >= 4 is 11.6 Å². The predicted octanol–water partition coefficient (Wildman–Crippen LogP) is 2.92. The average Bonchev–Trinajstić information content (AvgIpc) is 2.50. The first-order valence-electron chi connectivity index (χ1n) is 6.98. The van der Waals surface area contributed by atoms with E-state index in [4.69, 9.17) is 10.5 Å². The Morgan fingerprint density at radius 2 is 1.81 bits per heavy atom. The fourth-order valence-electron chi connectivity index (χ4n) is 2.00. The van der Waals surface area contributed by atoms with Gasteiger partial charge < -0.3 is 15.8 Å². The van der Waals surface area contributed by atoms with Crippen molar-refractivity contribution in [3.8, 4) is 5.75 Å². The van der Waals surface area contributed by atoms with Gasteiger partial charge in [0.05, 0.1) is 24.8 Å². The lowest BCUT2D eigenvalue weighted by Crippen LogP contribution is -2.27. The first kappa shape index (κ1) is 14.9. The molecule has 0 saturated carbocycles. The van der Waals surface area contributed by atoms with Gasteiger partial charge in [0.1, 0.15) is 5.75 Å². The number of nitrogens with two attached hydrogens (primary N) is 1. The molecule has 4 heteroatoms. The maximum atomic E-state index is 11.9. The van der Waals surface area contributed by atoms with E-state index in [1.54, 1.807) is 12.1 Å². The van der Waals surface area contributed by atoms with Crippen molar-refractivity contribution in [3.05, 3.63) is 60.2 Å². The number of amides is 1. The molecule has 1 atom stereocenters. The van der Waals surface area contributed by atoms with Gasteiger partial charge in [0, 0.05) is 0 Å². The lowest BCUT2D eigenvalue weighted by Gasteiger charge is -2.14. The molecule has 0 radical (unpaired) electrons. The Bertz CT molecular complexity index is 584. The highest BCUT2D eigenvalue weighted by molar-refractivity contribution is 5.76. The maximum absolute atomic E-state index is 11.9. The molecule has 110 valence electrons. The molecule has 0 unspecified atom stereocenters. The molecule has 0 aliphatic rings. The van der Waals surface area contributed by atoms with E-state index in [1.165, 1.54) is 0 Å². The Morgan fingerprint density at radius 1 is 1.14 bits per heavy atom. The van der Waals surface area contributed by atoms with Crippen molar-refractivity contribution in [1.29, 1.82) is 0 Å². The molecule has 4 nitrogen and oxygen atoms in total. The highest BCUT2D eigenvalue weighted by Gasteiger charge is 2.09. The molecule has 0 bridgehead atoms. The number of ether oxygens (including phenoxy) is 1. The fourth-order valence-corrected chi connectivity index (χ4v) is 2.00. The van der Waals surface area contributed by atoms with Crippen LogP contribution in [0.1, 0.15) is 24.9 Å². The van der Waals surface area contributed by atoms with Gasteiger partial charge in [-0.1, -0.05) is 42.5 Å². The van der Waals surface area contributed by atoms with Gasteiger partial charge in [-0.05, 0) is 24.6 Å². The third-order valence-corrected chi connectivity index (χ3v) is 3.18. The van der Waals surface area contributed by atoms with Gasteiger partial charge in [-0.2, -0.15) is 0 Å². The van der Waals surface area contributed by atoms with Crippen molar-refractivity contribution < 1.29 is 9.53 Å². The molecule has 0 fully saturated rings. The first-order valence-corrected chi connectivity index (χ1v) is 6.98. The molecule has 0 spiro atoms. The molecule has 0 aliphatic heterocycles. The number of nitrogens with one attached hydrogen (secondary N) is 1. The zero-order valence-corrected chi connectivity index (χ0v) is 12.1. The number of para-hydroxylation sites is 2. The van der Waals surface area contributed by atoms with Gasteiger partial charge >= 0.3 is 0 Å². The number of hydrogen-bond acceptors (Lipinski definition) is 3. The Morgan fingerprint density at radius 3 is 2.52 bits per heavy atom.